The Morgan fingerprint density at radius 2 is 1.68 bits per heavy atom. The van der Waals surface area contributed by atoms with Crippen molar-refractivity contribution in [3.8, 4) is 11.5 Å². The van der Waals surface area contributed by atoms with Crippen LogP contribution in [-0.4, -0.2) is 87.0 Å². The van der Waals surface area contributed by atoms with E-state index in [-0.39, 0.29) is 30.0 Å². The van der Waals surface area contributed by atoms with Crippen LogP contribution in [0.4, 0.5) is 0 Å². The van der Waals surface area contributed by atoms with Crippen molar-refractivity contribution in [2.24, 2.45) is 0 Å². The topological polar surface area (TPSA) is 108 Å². The summed E-state index contributed by atoms with van der Waals surface area (Å²) in [4.78, 5) is 31.9. The molecule has 3 aromatic carbocycles. The van der Waals surface area contributed by atoms with Gasteiger partial charge in [-0.2, -0.15) is 4.72 Å². The van der Waals surface area contributed by atoms with E-state index in [4.69, 9.17) is 21.1 Å². The highest BCUT2D eigenvalue weighted by molar-refractivity contribution is 7.89. The van der Waals surface area contributed by atoms with Gasteiger partial charge < -0.3 is 19.3 Å². The highest BCUT2D eigenvalue weighted by atomic mass is 35.5. The smallest absolute Gasteiger partial charge is 0.242 e. The number of piperazine rings is 1. The molecule has 1 N–H and O–H groups in total. The van der Waals surface area contributed by atoms with Gasteiger partial charge in [0.25, 0.3) is 0 Å². The Morgan fingerprint density at radius 3 is 2.51 bits per heavy atom. The Labute approximate surface area is 243 Å². The monoisotopic (exact) mass is 598 g/mol. The van der Waals surface area contributed by atoms with Gasteiger partial charge in [0.15, 0.2) is 11.5 Å². The summed E-state index contributed by atoms with van der Waals surface area (Å²) in [6.45, 7) is 3.91. The van der Waals surface area contributed by atoms with Crippen molar-refractivity contribution >= 4 is 44.2 Å². The first-order valence-electron chi connectivity index (χ1n) is 13.6. The number of nitrogens with zero attached hydrogens (tertiary/aromatic N) is 3. The van der Waals surface area contributed by atoms with E-state index in [1.165, 1.54) is 11.0 Å². The Morgan fingerprint density at radius 1 is 0.927 bits per heavy atom. The molecule has 0 radical (unpaired) electrons. The van der Waals surface area contributed by atoms with Crippen LogP contribution in [0.25, 0.3) is 10.8 Å². The van der Waals surface area contributed by atoms with Crippen molar-refractivity contribution in [3.63, 3.8) is 0 Å². The number of hydrogen-bond acceptors (Lipinski definition) is 7. The average Bonchev–Trinajstić information content (AvgIpc) is 3.43. The number of amides is 2. The minimum Gasteiger partial charge on any atom is -0.454 e. The van der Waals surface area contributed by atoms with Crippen molar-refractivity contribution in [2.75, 3.05) is 46.1 Å². The third kappa shape index (κ3) is 6.13. The zero-order valence-corrected chi connectivity index (χ0v) is 24.0. The van der Waals surface area contributed by atoms with Crippen LogP contribution >= 0.6 is 11.6 Å². The predicted molar refractivity (Wildman–Crippen MR) is 153 cm³/mol. The molecule has 1 atom stereocenters. The zero-order chi connectivity index (χ0) is 28.6. The van der Waals surface area contributed by atoms with E-state index in [1.807, 2.05) is 18.2 Å². The van der Waals surface area contributed by atoms with E-state index >= 15 is 0 Å². The summed E-state index contributed by atoms with van der Waals surface area (Å²) in [5, 5.41) is 2.12. The summed E-state index contributed by atoms with van der Waals surface area (Å²) in [5.74, 6) is 1.01. The molecular weight excluding hydrogens is 568 g/mol. The van der Waals surface area contributed by atoms with Crippen LogP contribution < -0.4 is 14.2 Å². The summed E-state index contributed by atoms with van der Waals surface area (Å²) in [6.07, 6.45) is 0.982. The van der Waals surface area contributed by atoms with Gasteiger partial charge in [0.05, 0.1) is 11.4 Å². The van der Waals surface area contributed by atoms with E-state index in [2.05, 4.69) is 9.62 Å². The second-order valence-electron chi connectivity index (χ2n) is 10.6. The van der Waals surface area contributed by atoms with Crippen LogP contribution in [0, 0.1) is 0 Å². The molecule has 10 nitrogen and oxygen atoms in total. The maximum Gasteiger partial charge on any atom is 0.242 e. The largest absolute Gasteiger partial charge is 0.454 e. The SMILES string of the molecule is O=C(CN1CCC[C@H](NS(=O)(=O)c2ccc3cc(Cl)ccc3c2)C1=O)N1CCN(Cc2ccc3c(c2)OCO3)CC1. The molecule has 2 amide bonds. The fraction of sp³-hybridized carbons (Fsp3) is 0.379. The number of likely N-dealkylation sites (tertiary alicyclic amines) is 1. The quantitative estimate of drug-likeness (QED) is 0.445. The summed E-state index contributed by atoms with van der Waals surface area (Å²) >= 11 is 6.03. The molecule has 3 aromatic rings. The number of nitrogens with one attached hydrogen (secondary N) is 1. The molecular formula is C29H31ClN4O6S. The molecule has 41 heavy (non-hydrogen) atoms. The molecule has 2 fully saturated rings. The average molecular weight is 599 g/mol. The fourth-order valence-corrected chi connectivity index (χ4v) is 6.98. The van der Waals surface area contributed by atoms with Gasteiger partial charge in [-0.15, -0.1) is 0 Å². The fourth-order valence-electron chi connectivity index (χ4n) is 5.54. The van der Waals surface area contributed by atoms with Gasteiger partial charge in [0.1, 0.15) is 6.04 Å². The zero-order valence-electron chi connectivity index (χ0n) is 22.4. The molecule has 2 saturated heterocycles. The molecule has 6 rings (SSSR count). The molecule has 0 unspecified atom stereocenters. The summed E-state index contributed by atoms with van der Waals surface area (Å²) in [6, 6.07) is 15.0. The molecule has 0 saturated carbocycles. The van der Waals surface area contributed by atoms with Crippen LogP contribution in [0.2, 0.25) is 5.02 Å². The second-order valence-corrected chi connectivity index (χ2v) is 12.7. The molecule has 3 heterocycles. The number of rotatable bonds is 7. The van der Waals surface area contributed by atoms with Gasteiger partial charge in [-0.3, -0.25) is 14.5 Å². The summed E-state index contributed by atoms with van der Waals surface area (Å²) in [5.41, 5.74) is 1.12. The number of halogens is 1. The van der Waals surface area contributed by atoms with Crippen molar-refractivity contribution < 1.29 is 27.5 Å². The second kappa shape index (κ2) is 11.5. The minimum atomic E-state index is -3.95. The van der Waals surface area contributed by atoms with E-state index in [0.717, 1.165) is 34.4 Å². The van der Waals surface area contributed by atoms with Crippen LogP contribution in [-0.2, 0) is 26.2 Å². The third-order valence-electron chi connectivity index (χ3n) is 7.81. The van der Waals surface area contributed by atoms with Gasteiger partial charge in [0.2, 0.25) is 28.6 Å². The van der Waals surface area contributed by atoms with Crippen LogP contribution in [0.1, 0.15) is 18.4 Å². The lowest BCUT2D eigenvalue weighted by Gasteiger charge is -2.37. The molecule has 0 spiro atoms. The number of hydrogen-bond donors (Lipinski definition) is 1. The van der Waals surface area contributed by atoms with Crippen molar-refractivity contribution in [1.29, 1.82) is 0 Å². The number of sulfonamides is 1. The number of benzene rings is 3. The number of ether oxygens (including phenoxy) is 2. The van der Waals surface area contributed by atoms with Gasteiger partial charge in [-0.05, 0) is 65.6 Å². The molecule has 3 aliphatic rings. The van der Waals surface area contributed by atoms with Crippen molar-refractivity contribution in [1.82, 2.24) is 19.4 Å². The lowest BCUT2D eigenvalue weighted by molar-refractivity contribution is -0.144. The minimum absolute atomic E-state index is 0.0596. The Balaban J connectivity index is 1.02. The van der Waals surface area contributed by atoms with Gasteiger partial charge in [0, 0.05) is 44.3 Å². The van der Waals surface area contributed by atoms with Gasteiger partial charge in [-0.1, -0.05) is 29.8 Å². The standard InChI is InChI=1S/C29H31ClN4O6S/c30-23-6-4-22-16-24(7-5-21(22)15-23)41(37,38)31-25-2-1-9-34(29(25)36)18-28(35)33-12-10-32(11-13-33)17-20-3-8-26-27(14-20)40-19-39-26/h3-8,14-16,25,31H,1-2,9-13,17-19H2/t25-/m0/s1. The first kappa shape index (κ1) is 27.8. The van der Waals surface area contributed by atoms with E-state index in [0.29, 0.717) is 50.6 Å². The molecule has 0 aromatic heterocycles. The van der Waals surface area contributed by atoms with Crippen molar-refractivity contribution in [2.45, 2.75) is 30.3 Å². The highest BCUT2D eigenvalue weighted by Crippen LogP contribution is 2.33. The Hall–Kier alpha value is -3.38. The lowest BCUT2D eigenvalue weighted by atomic mass is 10.1. The van der Waals surface area contributed by atoms with Crippen molar-refractivity contribution in [3.05, 3.63) is 65.2 Å². The predicted octanol–water partition coefficient (Wildman–Crippen LogP) is 2.84. The first-order valence-corrected chi connectivity index (χ1v) is 15.5. The maximum atomic E-state index is 13.2. The van der Waals surface area contributed by atoms with Gasteiger partial charge in [-0.25, -0.2) is 8.42 Å². The summed E-state index contributed by atoms with van der Waals surface area (Å²) in [7, 11) is -3.95. The highest BCUT2D eigenvalue weighted by Gasteiger charge is 2.34. The summed E-state index contributed by atoms with van der Waals surface area (Å²) < 4.78 is 39.7. The lowest BCUT2D eigenvalue weighted by Crippen LogP contribution is -2.56. The van der Waals surface area contributed by atoms with Gasteiger partial charge >= 0.3 is 0 Å². The molecule has 12 heteroatoms. The normalized spacial score (nSPS) is 19.6. The molecule has 0 aliphatic carbocycles. The number of carbonyl (C=O) groups excluding carboxylic acids is 2. The Kier molecular flexibility index (Phi) is 7.78. The molecule has 0 bridgehead atoms. The number of carbonyl (C=O) groups is 2. The van der Waals surface area contributed by atoms with Crippen LogP contribution in [0.3, 0.4) is 0 Å². The first-order chi connectivity index (χ1) is 19.7. The number of piperidine rings is 1. The van der Waals surface area contributed by atoms with E-state index in [9.17, 15) is 18.0 Å². The van der Waals surface area contributed by atoms with E-state index in [1.54, 1.807) is 35.2 Å². The van der Waals surface area contributed by atoms with Crippen LogP contribution in [0.15, 0.2) is 59.5 Å². The molecule has 3 aliphatic heterocycles. The number of fused-ring (bicyclic) bond motifs is 2. The van der Waals surface area contributed by atoms with Crippen LogP contribution in [0.5, 0.6) is 11.5 Å². The molecule has 216 valence electrons. The Bertz CT molecular complexity index is 1590. The van der Waals surface area contributed by atoms with E-state index < -0.39 is 16.1 Å². The third-order valence-corrected chi connectivity index (χ3v) is 9.51. The maximum absolute atomic E-state index is 13.2.